The summed E-state index contributed by atoms with van der Waals surface area (Å²) < 4.78 is 10.8. The molecule has 2 aliphatic heterocycles. The Morgan fingerprint density at radius 1 is 1.14 bits per heavy atom. The van der Waals surface area contributed by atoms with Gasteiger partial charge in [-0.05, 0) is 49.7 Å². The van der Waals surface area contributed by atoms with Crippen molar-refractivity contribution in [2.24, 2.45) is 0 Å². The van der Waals surface area contributed by atoms with Crippen molar-refractivity contribution in [3.63, 3.8) is 0 Å². The topological polar surface area (TPSA) is 75.0 Å². The van der Waals surface area contributed by atoms with Crippen molar-refractivity contribution >= 4 is 29.3 Å². The average Bonchev–Trinajstić information content (AvgIpc) is 3.37. The van der Waals surface area contributed by atoms with Gasteiger partial charge in [0.25, 0.3) is 5.91 Å². The van der Waals surface area contributed by atoms with Crippen LogP contribution in [0.3, 0.4) is 0 Å². The number of amides is 2. The predicted molar refractivity (Wildman–Crippen MR) is 110 cm³/mol. The fraction of sp³-hybridized carbons (Fsp3) is 0.381. The molecule has 2 aromatic rings. The Bertz CT molecular complexity index is 879. The second kappa shape index (κ2) is 8.24. The van der Waals surface area contributed by atoms with Crippen LogP contribution in [0.4, 0.5) is 4.79 Å². The van der Waals surface area contributed by atoms with Gasteiger partial charge in [0.1, 0.15) is 6.10 Å². The maximum Gasteiger partial charge on any atom is 0.411 e. The lowest BCUT2D eigenvalue weighted by Gasteiger charge is -2.38. The number of thiocarbonyl (C=S) groups is 1. The van der Waals surface area contributed by atoms with Gasteiger partial charge < -0.3 is 14.1 Å². The molecule has 1 aromatic carbocycles. The highest BCUT2D eigenvalue weighted by atomic mass is 32.1. The van der Waals surface area contributed by atoms with Crippen LogP contribution in [-0.2, 0) is 4.74 Å². The van der Waals surface area contributed by atoms with Crippen LogP contribution in [0.15, 0.2) is 53.1 Å². The Balaban J connectivity index is 1.34. The molecule has 1 aromatic heterocycles. The van der Waals surface area contributed by atoms with Gasteiger partial charge in [-0.15, -0.1) is 0 Å². The van der Waals surface area contributed by atoms with Gasteiger partial charge in [-0.3, -0.25) is 15.0 Å². The third kappa shape index (κ3) is 3.98. The van der Waals surface area contributed by atoms with Crippen molar-refractivity contribution in [2.75, 3.05) is 13.1 Å². The maximum atomic E-state index is 12.6. The Hall–Kier alpha value is -2.87. The van der Waals surface area contributed by atoms with Gasteiger partial charge in [-0.2, -0.15) is 0 Å². The first-order chi connectivity index (χ1) is 14.0. The lowest BCUT2D eigenvalue weighted by atomic mass is 9.98. The minimum Gasteiger partial charge on any atom is -0.459 e. The van der Waals surface area contributed by atoms with Crippen molar-refractivity contribution in [3.05, 3.63) is 60.1 Å². The first-order valence-corrected chi connectivity index (χ1v) is 10.1. The van der Waals surface area contributed by atoms with E-state index in [1.54, 1.807) is 12.1 Å². The number of carbonyl (C=O) groups is 2. The van der Waals surface area contributed by atoms with Gasteiger partial charge in [0.15, 0.2) is 10.9 Å². The largest absolute Gasteiger partial charge is 0.459 e. The molecule has 4 rings (SSSR count). The molecule has 2 saturated heterocycles. The number of carbonyl (C=O) groups excluding carboxylic acids is 2. The zero-order chi connectivity index (χ0) is 20.4. The lowest BCUT2D eigenvalue weighted by Crippen LogP contribution is -2.52. The number of benzene rings is 1. The van der Waals surface area contributed by atoms with Crippen molar-refractivity contribution in [2.45, 2.75) is 38.0 Å². The molecule has 2 amide bonds. The van der Waals surface area contributed by atoms with E-state index in [2.05, 4.69) is 5.32 Å². The number of hydrogen-bond acceptors (Lipinski definition) is 5. The third-order valence-electron chi connectivity index (χ3n) is 5.55. The van der Waals surface area contributed by atoms with E-state index >= 15 is 0 Å². The van der Waals surface area contributed by atoms with E-state index < -0.39 is 0 Å². The summed E-state index contributed by atoms with van der Waals surface area (Å²) >= 11 is 5.37. The molecule has 29 heavy (non-hydrogen) atoms. The number of ether oxygens (including phenoxy) is 1. The molecular formula is C21H23N3O4S. The molecule has 0 radical (unpaired) electrons. The SMILES string of the molecule is CC1C(c2ccccc2)OC(=O)N1C1CCN(C(=S)NC(=O)c2ccco2)CC1. The molecule has 1 N–H and O–H groups in total. The summed E-state index contributed by atoms with van der Waals surface area (Å²) in [7, 11) is 0. The Morgan fingerprint density at radius 2 is 1.86 bits per heavy atom. The highest BCUT2D eigenvalue weighted by Gasteiger charge is 2.44. The fourth-order valence-corrected chi connectivity index (χ4v) is 4.32. The van der Waals surface area contributed by atoms with Gasteiger partial charge in [0.2, 0.25) is 0 Å². The number of nitrogens with one attached hydrogen (secondary N) is 1. The van der Waals surface area contributed by atoms with Gasteiger partial charge in [-0.1, -0.05) is 30.3 Å². The summed E-state index contributed by atoms with van der Waals surface area (Å²) in [6.45, 7) is 3.35. The Kier molecular flexibility index (Phi) is 5.53. The number of likely N-dealkylation sites (tertiary alicyclic amines) is 1. The fourth-order valence-electron chi connectivity index (χ4n) is 4.04. The highest BCUT2D eigenvalue weighted by molar-refractivity contribution is 7.80. The van der Waals surface area contributed by atoms with Crippen LogP contribution in [0.2, 0.25) is 0 Å². The minimum atomic E-state index is -0.357. The number of cyclic esters (lactones) is 1. The van der Waals surface area contributed by atoms with Crippen LogP contribution >= 0.6 is 12.2 Å². The molecule has 152 valence electrons. The lowest BCUT2D eigenvalue weighted by molar-refractivity contribution is 0.0942. The molecular weight excluding hydrogens is 390 g/mol. The molecule has 2 fully saturated rings. The van der Waals surface area contributed by atoms with E-state index in [-0.39, 0.29) is 35.9 Å². The van der Waals surface area contributed by atoms with Gasteiger partial charge in [0, 0.05) is 19.1 Å². The van der Waals surface area contributed by atoms with Gasteiger partial charge in [-0.25, -0.2) is 4.79 Å². The highest BCUT2D eigenvalue weighted by Crippen LogP contribution is 2.35. The molecule has 0 spiro atoms. The second-order valence-corrected chi connectivity index (χ2v) is 7.70. The number of rotatable bonds is 3. The monoisotopic (exact) mass is 413 g/mol. The predicted octanol–water partition coefficient (Wildman–Crippen LogP) is 3.34. The summed E-state index contributed by atoms with van der Waals surface area (Å²) in [6.07, 6.45) is 2.45. The van der Waals surface area contributed by atoms with Crippen LogP contribution in [0.25, 0.3) is 0 Å². The van der Waals surface area contributed by atoms with Crippen LogP contribution in [0.5, 0.6) is 0 Å². The zero-order valence-corrected chi connectivity index (χ0v) is 16.9. The summed E-state index contributed by atoms with van der Waals surface area (Å²) in [5, 5.41) is 3.08. The van der Waals surface area contributed by atoms with Crippen molar-refractivity contribution in [1.29, 1.82) is 0 Å². The molecule has 0 saturated carbocycles. The standard InChI is InChI=1S/C21H23N3O4S/c1-14-18(15-6-3-2-4-7-15)28-21(26)24(14)16-9-11-23(12-10-16)20(29)22-19(25)17-8-5-13-27-17/h2-8,13-14,16,18H,9-12H2,1H3,(H,22,25,29). The van der Waals surface area contributed by atoms with Crippen LogP contribution in [0, 0.1) is 0 Å². The smallest absolute Gasteiger partial charge is 0.411 e. The molecule has 3 heterocycles. The van der Waals surface area contributed by atoms with E-state index in [1.165, 1.54) is 6.26 Å². The first kappa shape index (κ1) is 19.4. The average molecular weight is 413 g/mol. The summed E-state index contributed by atoms with van der Waals surface area (Å²) in [6, 6.07) is 13.1. The molecule has 2 unspecified atom stereocenters. The van der Waals surface area contributed by atoms with Crippen LogP contribution in [-0.4, -0.2) is 52.1 Å². The van der Waals surface area contributed by atoms with Crippen molar-refractivity contribution < 1.29 is 18.7 Å². The van der Waals surface area contributed by atoms with E-state index in [0.717, 1.165) is 18.4 Å². The molecule has 2 aliphatic rings. The molecule has 0 bridgehead atoms. The summed E-state index contributed by atoms with van der Waals surface area (Å²) in [5.41, 5.74) is 1.01. The normalized spacial score (nSPS) is 22.4. The maximum absolute atomic E-state index is 12.6. The minimum absolute atomic E-state index is 0.0351. The van der Waals surface area contributed by atoms with E-state index in [4.69, 9.17) is 21.4 Å². The Labute approximate surface area is 174 Å². The Morgan fingerprint density at radius 3 is 2.52 bits per heavy atom. The molecule has 7 nitrogen and oxygen atoms in total. The zero-order valence-electron chi connectivity index (χ0n) is 16.1. The third-order valence-corrected chi connectivity index (χ3v) is 5.91. The number of piperidine rings is 1. The van der Waals surface area contributed by atoms with Crippen LogP contribution < -0.4 is 5.32 Å². The molecule has 2 atom stereocenters. The first-order valence-electron chi connectivity index (χ1n) is 9.72. The second-order valence-electron chi connectivity index (χ2n) is 7.32. The number of nitrogens with zero attached hydrogens (tertiary/aromatic N) is 2. The quantitative estimate of drug-likeness (QED) is 0.778. The number of furan rings is 1. The molecule has 0 aliphatic carbocycles. The van der Waals surface area contributed by atoms with Crippen molar-refractivity contribution in [1.82, 2.24) is 15.1 Å². The summed E-state index contributed by atoms with van der Waals surface area (Å²) in [4.78, 5) is 28.5. The van der Waals surface area contributed by atoms with Gasteiger partial charge in [0.05, 0.1) is 12.3 Å². The van der Waals surface area contributed by atoms with E-state index in [0.29, 0.717) is 18.2 Å². The number of hydrogen-bond donors (Lipinski definition) is 1. The van der Waals surface area contributed by atoms with E-state index in [1.807, 2.05) is 47.1 Å². The van der Waals surface area contributed by atoms with E-state index in [9.17, 15) is 9.59 Å². The molecule has 8 heteroatoms. The van der Waals surface area contributed by atoms with Gasteiger partial charge >= 0.3 is 6.09 Å². The summed E-state index contributed by atoms with van der Waals surface area (Å²) in [5.74, 6) is -0.132. The van der Waals surface area contributed by atoms with Crippen molar-refractivity contribution in [3.8, 4) is 0 Å². The van der Waals surface area contributed by atoms with Crippen LogP contribution in [0.1, 0.15) is 42.0 Å².